The Morgan fingerprint density at radius 1 is 1.40 bits per heavy atom. The largest absolute Gasteiger partial charge is 0.379 e. The van der Waals surface area contributed by atoms with Gasteiger partial charge in [-0.15, -0.1) is 0 Å². The Morgan fingerprint density at radius 2 is 2.20 bits per heavy atom. The average Bonchev–Trinajstić information content (AvgIpc) is 2.31. The standard InChI is InChI=1S/C11H14N2O2/c14-9-11-3-1-2-10(12-11)8-13-4-6-15-7-5-13/h1-3,9H,4-8H2. The van der Waals surface area contributed by atoms with Gasteiger partial charge in [-0.3, -0.25) is 9.69 Å². The van der Waals surface area contributed by atoms with Crippen molar-refractivity contribution in [1.82, 2.24) is 9.88 Å². The second-order valence-corrected chi connectivity index (χ2v) is 3.56. The van der Waals surface area contributed by atoms with Crippen LogP contribution >= 0.6 is 0 Å². The molecule has 0 N–H and O–H groups in total. The fourth-order valence-electron chi connectivity index (χ4n) is 1.64. The van der Waals surface area contributed by atoms with Crippen LogP contribution in [0.25, 0.3) is 0 Å². The van der Waals surface area contributed by atoms with E-state index in [-0.39, 0.29) is 0 Å². The van der Waals surface area contributed by atoms with E-state index in [0.717, 1.165) is 44.8 Å². The monoisotopic (exact) mass is 206 g/mol. The molecular weight excluding hydrogens is 192 g/mol. The summed E-state index contributed by atoms with van der Waals surface area (Å²) < 4.78 is 5.26. The SMILES string of the molecule is O=Cc1cccc(CN2CCOCC2)n1. The minimum atomic E-state index is 0.501. The lowest BCUT2D eigenvalue weighted by Crippen LogP contribution is -2.35. The number of ether oxygens (including phenoxy) is 1. The van der Waals surface area contributed by atoms with Crippen LogP contribution in [-0.2, 0) is 11.3 Å². The summed E-state index contributed by atoms with van der Waals surface area (Å²) in [5, 5.41) is 0. The molecule has 0 saturated carbocycles. The summed E-state index contributed by atoms with van der Waals surface area (Å²) in [6.07, 6.45) is 0.781. The van der Waals surface area contributed by atoms with Gasteiger partial charge in [-0.1, -0.05) is 6.07 Å². The molecule has 1 aliphatic rings. The van der Waals surface area contributed by atoms with Crippen LogP contribution in [0.4, 0.5) is 0 Å². The van der Waals surface area contributed by atoms with Crippen molar-refractivity contribution in [2.45, 2.75) is 6.54 Å². The number of rotatable bonds is 3. The zero-order chi connectivity index (χ0) is 10.5. The molecule has 0 radical (unpaired) electrons. The molecule has 15 heavy (non-hydrogen) atoms. The van der Waals surface area contributed by atoms with Gasteiger partial charge in [0.2, 0.25) is 0 Å². The maximum atomic E-state index is 10.6. The molecular formula is C11H14N2O2. The Morgan fingerprint density at radius 3 is 2.93 bits per heavy atom. The lowest BCUT2D eigenvalue weighted by Gasteiger charge is -2.26. The van der Waals surface area contributed by atoms with Gasteiger partial charge in [0.15, 0.2) is 6.29 Å². The molecule has 4 heteroatoms. The Labute approximate surface area is 88.9 Å². The van der Waals surface area contributed by atoms with E-state index in [4.69, 9.17) is 4.74 Å². The predicted octanol–water partition coefficient (Wildman–Crippen LogP) is 0.726. The van der Waals surface area contributed by atoms with Gasteiger partial charge in [-0.05, 0) is 12.1 Å². The van der Waals surface area contributed by atoms with Gasteiger partial charge in [0.1, 0.15) is 5.69 Å². The molecule has 80 valence electrons. The van der Waals surface area contributed by atoms with E-state index in [1.165, 1.54) is 0 Å². The lowest BCUT2D eigenvalue weighted by atomic mass is 10.3. The third kappa shape index (κ3) is 2.84. The molecule has 1 aliphatic heterocycles. The van der Waals surface area contributed by atoms with Crippen molar-refractivity contribution in [1.29, 1.82) is 0 Å². The van der Waals surface area contributed by atoms with Gasteiger partial charge in [0, 0.05) is 19.6 Å². The van der Waals surface area contributed by atoms with Crippen molar-refractivity contribution in [3.8, 4) is 0 Å². The van der Waals surface area contributed by atoms with Crippen molar-refractivity contribution in [2.75, 3.05) is 26.3 Å². The third-order valence-corrected chi connectivity index (χ3v) is 2.44. The van der Waals surface area contributed by atoms with Crippen LogP contribution in [0.3, 0.4) is 0 Å². The molecule has 0 aliphatic carbocycles. The summed E-state index contributed by atoms with van der Waals surface area (Å²) in [5.41, 5.74) is 1.45. The zero-order valence-electron chi connectivity index (χ0n) is 8.56. The Kier molecular flexibility index (Phi) is 3.42. The van der Waals surface area contributed by atoms with Gasteiger partial charge < -0.3 is 4.74 Å². The Balaban J connectivity index is 1.99. The summed E-state index contributed by atoms with van der Waals surface area (Å²) in [4.78, 5) is 17.1. The number of hydrogen-bond acceptors (Lipinski definition) is 4. The summed E-state index contributed by atoms with van der Waals surface area (Å²) in [6.45, 7) is 4.24. The predicted molar refractivity (Wildman–Crippen MR) is 55.7 cm³/mol. The normalized spacial score (nSPS) is 17.6. The molecule has 0 atom stereocenters. The number of hydrogen-bond donors (Lipinski definition) is 0. The highest BCUT2D eigenvalue weighted by Crippen LogP contribution is 2.05. The van der Waals surface area contributed by atoms with E-state index in [2.05, 4.69) is 9.88 Å². The minimum Gasteiger partial charge on any atom is -0.379 e. The van der Waals surface area contributed by atoms with Gasteiger partial charge in [-0.2, -0.15) is 0 Å². The van der Waals surface area contributed by atoms with Gasteiger partial charge in [0.25, 0.3) is 0 Å². The summed E-state index contributed by atoms with van der Waals surface area (Å²) >= 11 is 0. The minimum absolute atomic E-state index is 0.501. The zero-order valence-corrected chi connectivity index (χ0v) is 8.56. The van der Waals surface area contributed by atoms with Crippen LogP contribution in [0.15, 0.2) is 18.2 Å². The maximum absolute atomic E-state index is 10.6. The third-order valence-electron chi connectivity index (χ3n) is 2.44. The first-order chi connectivity index (χ1) is 7.38. The van der Waals surface area contributed by atoms with Crippen molar-refractivity contribution >= 4 is 6.29 Å². The van der Waals surface area contributed by atoms with Gasteiger partial charge >= 0.3 is 0 Å². The van der Waals surface area contributed by atoms with E-state index in [0.29, 0.717) is 5.69 Å². The number of pyridine rings is 1. The van der Waals surface area contributed by atoms with Gasteiger partial charge in [-0.25, -0.2) is 4.98 Å². The van der Waals surface area contributed by atoms with Crippen LogP contribution in [0.2, 0.25) is 0 Å². The fraction of sp³-hybridized carbons (Fsp3) is 0.455. The van der Waals surface area contributed by atoms with Crippen LogP contribution in [-0.4, -0.2) is 42.5 Å². The van der Waals surface area contributed by atoms with Crippen molar-refractivity contribution in [3.05, 3.63) is 29.6 Å². The topological polar surface area (TPSA) is 42.4 Å². The van der Waals surface area contributed by atoms with E-state index < -0.39 is 0 Å². The maximum Gasteiger partial charge on any atom is 0.168 e. The first-order valence-electron chi connectivity index (χ1n) is 5.10. The first-order valence-corrected chi connectivity index (χ1v) is 5.10. The highest BCUT2D eigenvalue weighted by Gasteiger charge is 2.11. The molecule has 1 aromatic rings. The van der Waals surface area contributed by atoms with E-state index in [9.17, 15) is 4.79 Å². The number of nitrogens with zero attached hydrogens (tertiary/aromatic N) is 2. The average molecular weight is 206 g/mol. The smallest absolute Gasteiger partial charge is 0.168 e. The van der Waals surface area contributed by atoms with Crippen molar-refractivity contribution in [2.24, 2.45) is 0 Å². The number of aromatic nitrogens is 1. The second-order valence-electron chi connectivity index (χ2n) is 3.56. The molecule has 1 saturated heterocycles. The first kappa shape index (κ1) is 10.3. The lowest BCUT2D eigenvalue weighted by molar-refractivity contribution is 0.0336. The highest BCUT2D eigenvalue weighted by molar-refractivity contribution is 5.71. The molecule has 0 aromatic carbocycles. The molecule has 0 amide bonds. The van der Waals surface area contributed by atoms with E-state index in [1.54, 1.807) is 6.07 Å². The summed E-state index contributed by atoms with van der Waals surface area (Å²) in [6, 6.07) is 5.53. The Bertz CT molecular complexity index is 335. The van der Waals surface area contributed by atoms with Crippen molar-refractivity contribution < 1.29 is 9.53 Å². The number of carbonyl (C=O) groups is 1. The molecule has 2 heterocycles. The molecule has 0 bridgehead atoms. The van der Waals surface area contributed by atoms with Crippen LogP contribution in [0, 0.1) is 0 Å². The van der Waals surface area contributed by atoms with Crippen molar-refractivity contribution in [3.63, 3.8) is 0 Å². The van der Waals surface area contributed by atoms with E-state index >= 15 is 0 Å². The molecule has 1 aromatic heterocycles. The van der Waals surface area contributed by atoms with E-state index in [1.807, 2.05) is 12.1 Å². The van der Waals surface area contributed by atoms with Crippen LogP contribution < -0.4 is 0 Å². The van der Waals surface area contributed by atoms with Crippen LogP contribution in [0.5, 0.6) is 0 Å². The summed E-state index contributed by atoms with van der Waals surface area (Å²) in [7, 11) is 0. The Hall–Kier alpha value is -1.26. The second kappa shape index (κ2) is 5.00. The molecule has 0 unspecified atom stereocenters. The summed E-state index contributed by atoms with van der Waals surface area (Å²) in [5.74, 6) is 0. The number of morpholine rings is 1. The molecule has 4 nitrogen and oxygen atoms in total. The fourth-order valence-corrected chi connectivity index (χ4v) is 1.64. The number of aldehydes is 1. The quantitative estimate of drug-likeness (QED) is 0.684. The molecule has 0 spiro atoms. The molecule has 1 fully saturated rings. The molecule has 2 rings (SSSR count). The van der Waals surface area contributed by atoms with Crippen LogP contribution in [0.1, 0.15) is 16.2 Å². The highest BCUT2D eigenvalue weighted by atomic mass is 16.5. The van der Waals surface area contributed by atoms with Gasteiger partial charge in [0.05, 0.1) is 18.9 Å². The number of carbonyl (C=O) groups excluding carboxylic acids is 1.